The number of halogens is 1. The number of rotatable bonds is 8. The molecule has 0 saturated heterocycles. The van der Waals surface area contributed by atoms with E-state index in [9.17, 15) is 9.59 Å². The maximum atomic E-state index is 13.1. The molecule has 0 spiro atoms. The molecule has 2 rings (SSSR count). The average molecular weight is 389 g/mol. The molecule has 0 saturated carbocycles. The molecule has 144 valence electrons. The maximum Gasteiger partial charge on any atom is 0.242 e. The van der Waals surface area contributed by atoms with Crippen molar-refractivity contribution in [3.63, 3.8) is 0 Å². The number of ether oxygens (including phenoxy) is 1. The van der Waals surface area contributed by atoms with Gasteiger partial charge in [0, 0.05) is 18.6 Å². The van der Waals surface area contributed by atoms with Gasteiger partial charge in [-0.1, -0.05) is 48.9 Å². The lowest BCUT2D eigenvalue weighted by molar-refractivity contribution is -0.140. The van der Waals surface area contributed by atoms with Crippen LogP contribution < -0.4 is 10.1 Å². The van der Waals surface area contributed by atoms with Crippen molar-refractivity contribution in [2.24, 2.45) is 0 Å². The molecule has 0 heterocycles. The van der Waals surface area contributed by atoms with E-state index in [1.54, 1.807) is 25.1 Å². The molecule has 2 aromatic rings. The summed E-state index contributed by atoms with van der Waals surface area (Å²) in [5, 5.41) is 3.19. The summed E-state index contributed by atoms with van der Waals surface area (Å²) in [5.74, 6) is 0.369. The van der Waals surface area contributed by atoms with Crippen LogP contribution in [0.2, 0.25) is 5.02 Å². The van der Waals surface area contributed by atoms with Crippen LogP contribution in [0, 0.1) is 0 Å². The van der Waals surface area contributed by atoms with Crippen LogP contribution in [0.5, 0.6) is 5.75 Å². The van der Waals surface area contributed by atoms with Crippen molar-refractivity contribution in [2.45, 2.75) is 32.4 Å². The first-order valence-electron chi connectivity index (χ1n) is 8.87. The Kier molecular flexibility index (Phi) is 7.67. The van der Waals surface area contributed by atoms with Gasteiger partial charge in [0.2, 0.25) is 11.8 Å². The topological polar surface area (TPSA) is 58.6 Å². The molecule has 0 fully saturated rings. The van der Waals surface area contributed by atoms with E-state index in [-0.39, 0.29) is 18.2 Å². The van der Waals surface area contributed by atoms with Gasteiger partial charge >= 0.3 is 0 Å². The number of carbonyl (C=O) groups excluding carboxylic acids is 2. The second-order valence-corrected chi connectivity index (χ2v) is 6.59. The minimum atomic E-state index is -0.559. The number of nitrogens with zero attached hydrogens (tertiary/aromatic N) is 1. The number of likely N-dealkylation sites (N-methyl/N-ethyl adjacent to an activating group) is 1. The lowest BCUT2D eigenvalue weighted by Gasteiger charge is -2.30. The zero-order valence-electron chi connectivity index (χ0n) is 15.9. The molecule has 0 aromatic heterocycles. The third-order valence-electron chi connectivity index (χ3n) is 4.42. The summed E-state index contributed by atoms with van der Waals surface area (Å²) >= 11 is 6.21. The van der Waals surface area contributed by atoms with Crippen LogP contribution >= 0.6 is 11.6 Å². The van der Waals surface area contributed by atoms with E-state index in [0.29, 0.717) is 23.7 Å². The van der Waals surface area contributed by atoms with E-state index < -0.39 is 6.04 Å². The second kappa shape index (κ2) is 9.97. The van der Waals surface area contributed by atoms with Crippen molar-refractivity contribution in [1.82, 2.24) is 10.2 Å². The SMILES string of the molecule is CC[C@H](C(=O)NC)N(Cc1cccc(OC)c1)C(=O)Cc1ccccc1Cl. The Morgan fingerprint density at radius 1 is 1.19 bits per heavy atom. The molecule has 2 amide bonds. The van der Waals surface area contributed by atoms with Gasteiger partial charge in [-0.3, -0.25) is 9.59 Å². The van der Waals surface area contributed by atoms with E-state index >= 15 is 0 Å². The number of hydrogen-bond acceptors (Lipinski definition) is 3. The summed E-state index contributed by atoms with van der Waals surface area (Å²) in [6.45, 7) is 2.20. The van der Waals surface area contributed by atoms with Crippen LogP contribution in [-0.4, -0.2) is 36.9 Å². The maximum absolute atomic E-state index is 13.1. The summed E-state index contributed by atoms with van der Waals surface area (Å²) in [6, 6.07) is 14.2. The number of nitrogens with one attached hydrogen (secondary N) is 1. The van der Waals surface area contributed by atoms with Crippen LogP contribution in [0.4, 0.5) is 0 Å². The fourth-order valence-electron chi connectivity index (χ4n) is 2.96. The first-order valence-corrected chi connectivity index (χ1v) is 9.25. The molecular weight excluding hydrogens is 364 g/mol. The quantitative estimate of drug-likeness (QED) is 0.753. The first kappa shape index (κ1) is 20.8. The molecule has 5 nitrogen and oxygen atoms in total. The number of benzene rings is 2. The average Bonchev–Trinajstić information content (AvgIpc) is 2.69. The van der Waals surface area contributed by atoms with Crippen LogP contribution in [0.15, 0.2) is 48.5 Å². The highest BCUT2D eigenvalue weighted by Gasteiger charge is 2.28. The zero-order chi connectivity index (χ0) is 19.8. The third kappa shape index (κ3) is 5.47. The summed E-state index contributed by atoms with van der Waals surface area (Å²) in [7, 11) is 3.17. The summed E-state index contributed by atoms with van der Waals surface area (Å²) in [5.41, 5.74) is 1.63. The normalized spacial score (nSPS) is 11.6. The Balaban J connectivity index is 2.31. The van der Waals surface area contributed by atoms with Crippen molar-refractivity contribution in [3.05, 3.63) is 64.7 Å². The smallest absolute Gasteiger partial charge is 0.242 e. The monoisotopic (exact) mass is 388 g/mol. The van der Waals surface area contributed by atoms with Crippen LogP contribution in [0.1, 0.15) is 24.5 Å². The number of methoxy groups -OCH3 is 1. The Morgan fingerprint density at radius 3 is 2.56 bits per heavy atom. The van der Waals surface area contributed by atoms with E-state index in [1.165, 1.54) is 0 Å². The Hall–Kier alpha value is -2.53. The molecule has 6 heteroatoms. The summed E-state index contributed by atoms with van der Waals surface area (Å²) in [4.78, 5) is 27.1. The third-order valence-corrected chi connectivity index (χ3v) is 4.79. The molecule has 0 unspecified atom stereocenters. The Bertz CT molecular complexity index is 795. The van der Waals surface area contributed by atoms with Gasteiger partial charge in [-0.25, -0.2) is 0 Å². The second-order valence-electron chi connectivity index (χ2n) is 6.18. The lowest BCUT2D eigenvalue weighted by Crippen LogP contribution is -2.48. The predicted molar refractivity (Wildman–Crippen MR) is 107 cm³/mol. The highest BCUT2D eigenvalue weighted by atomic mass is 35.5. The first-order chi connectivity index (χ1) is 13.0. The summed E-state index contributed by atoms with van der Waals surface area (Å²) in [6.07, 6.45) is 0.648. The predicted octanol–water partition coefficient (Wildman–Crippen LogP) is 3.44. The van der Waals surface area contributed by atoms with Crippen molar-refractivity contribution in [2.75, 3.05) is 14.2 Å². The van der Waals surface area contributed by atoms with E-state index in [1.807, 2.05) is 49.4 Å². The minimum Gasteiger partial charge on any atom is -0.497 e. The van der Waals surface area contributed by atoms with Crippen LogP contribution in [-0.2, 0) is 22.6 Å². The van der Waals surface area contributed by atoms with Gasteiger partial charge in [0.05, 0.1) is 13.5 Å². The van der Waals surface area contributed by atoms with Crippen molar-refractivity contribution in [3.8, 4) is 5.75 Å². The Morgan fingerprint density at radius 2 is 1.93 bits per heavy atom. The Labute approximate surface area is 165 Å². The number of hydrogen-bond donors (Lipinski definition) is 1. The molecule has 27 heavy (non-hydrogen) atoms. The molecule has 1 atom stereocenters. The van der Waals surface area contributed by atoms with Gasteiger partial charge in [0.1, 0.15) is 11.8 Å². The standard InChI is InChI=1S/C21H25ClN2O3/c1-4-19(21(26)23-2)24(14-15-8-7-10-17(12-15)27-3)20(25)13-16-9-5-6-11-18(16)22/h5-12,19H,4,13-14H2,1-3H3,(H,23,26)/t19-/m1/s1. The molecule has 1 N–H and O–H groups in total. The number of carbonyl (C=O) groups is 2. The molecular formula is C21H25ClN2O3. The van der Waals surface area contributed by atoms with Gasteiger partial charge in [0.25, 0.3) is 0 Å². The number of amides is 2. The molecule has 0 aliphatic rings. The van der Waals surface area contributed by atoms with Crippen molar-refractivity contribution in [1.29, 1.82) is 0 Å². The molecule has 2 aromatic carbocycles. The highest BCUT2D eigenvalue weighted by molar-refractivity contribution is 6.31. The largest absolute Gasteiger partial charge is 0.497 e. The van der Waals surface area contributed by atoms with Gasteiger partial charge in [-0.05, 0) is 35.7 Å². The van der Waals surface area contributed by atoms with Gasteiger partial charge < -0.3 is 15.0 Å². The van der Waals surface area contributed by atoms with Gasteiger partial charge in [-0.15, -0.1) is 0 Å². The fourth-order valence-corrected chi connectivity index (χ4v) is 3.16. The van der Waals surface area contributed by atoms with Crippen molar-refractivity contribution < 1.29 is 14.3 Å². The van der Waals surface area contributed by atoms with E-state index in [0.717, 1.165) is 11.1 Å². The fraction of sp³-hybridized carbons (Fsp3) is 0.333. The van der Waals surface area contributed by atoms with E-state index in [4.69, 9.17) is 16.3 Å². The molecule has 0 radical (unpaired) electrons. The summed E-state index contributed by atoms with van der Waals surface area (Å²) < 4.78 is 5.26. The van der Waals surface area contributed by atoms with E-state index in [2.05, 4.69) is 5.32 Å². The zero-order valence-corrected chi connectivity index (χ0v) is 16.6. The minimum absolute atomic E-state index is 0.136. The molecule has 0 bridgehead atoms. The molecule has 0 aliphatic carbocycles. The molecule has 0 aliphatic heterocycles. The van der Waals surface area contributed by atoms with Gasteiger partial charge in [0.15, 0.2) is 0 Å². The lowest BCUT2D eigenvalue weighted by atomic mass is 10.1. The van der Waals surface area contributed by atoms with Crippen LogP contribution in [0.3, 0.4) is 0 Å². The van der Waals surface area contributed by atoms with Gasteiger partial charge in [-0.2, -0.15) is 0 Å². The van der Waals surface area contributed by atoms with Crippen LogP contribution in [0.25, 0.3) is 0 Å². The highest BCUT2D eigenvalue weighted by Crippen LogP contribution is 2.20. The van der Waals surface area contributed by atoms with Crippen molar-refractivity contribution >= 4 is 23.4 Å².